The molecule has 1 heteroatoms. The molecule has 0 unspecified atom stereocenters. The lowest BCUT2D eigenvalue weighted by atomic mass is 9.76. The molecule has 0 saturated heterocycles. The Labute approximate surface area is 152 Å². The summed E-state index contributed by atoms with van der Waals surface area (Å²) in [5, 5.41) is 0. The van der Waals surface area contributed by atoms with Crippen molar-refractivity contribution in [1.82, 2.24) is 0 Å². The molecular weight excluding hydrogens is 304 g/mol. The number of rotatable bonds is 6. The molecule has 1 nitrogen and oxygen atoms in total. The molecule has 0 aromatic heterocycles. The molecule has 3 rings (SSSR count). The molecule has 1 aliphatic carbocycles. The molecule has 1 aliphatic rings. The van der Waals surface area contributed by atoms with E-state index in [0.717, 1.165) is 25.0 Å². The van der Waals surface area contributed by atoms with Crippen LogP contribution in [0.2, 0.25) is 0 Å². The van der Waals surface area contributed by atoms with E-state index in [1.165, 1.54) is 47.9 Å². The van der Waals surface area contributed by atoms with Crippen LogP contribution < -0.4 is 0 Å². The van der Waals surface area contributed by atoms with Crippen molar-refractivity contribution < 1.29 is 4.74 Å². The number of benzene rings is 2. The Kier molecular flexibility index (Phi) is 6.47. The van der Waals surface area contributed by atoms with Gasteiger partial charge < -0.3 is 4.74 Å². The average molecular weight is 335 g/mol. The molecule has 1 saturated carbocycles. The quantitative estimate of drug-likeness (QED) is 0.571. The summed E-state index contributed by atoms with van der Waals surface area (Å²) in [6.45, 7) is 5.62. The van der Waals surface area contributed by atoms with Crippen LogP contribution in [-0.4, -0.2) is 6.61 Å². The zero-order valence-corrected chi connectivity index (χ0v) is 15.6. The summed E-state index contributed by atoms with van der Waals surface area (Å²) in [4.78, 5) is 0. The second-order valence-electron chi connectivity index (χ2n) is 7.09. The van der Waals surface area contributed by atoms with Gasteiger partial charge in [-0.15, -0.1) is 0 Å². The molecule has 0 N–H and O–H groups in total. The van der Waals surface area contributed by atoms with Gasteiger partial charge in [0.25, 0.3) is 0 Å². The molecule has 0 spiro atoms. The maximum absolute atomic E-state index is 5.49. The molecule has 0 amide bonds. The Morgan fingerprint density at radius 3 is 1.84 bits per heavy atom. The number of hydrogen-bond donors (Lipinski definition) is 0. The minimum absolute atomic E-state index is 0.722. The second-order valence-corrected chi connectivity index (χ2v) is 7.09. The molecule has 2 aromatic carbocycles. The third-order valence-electron chi connectivity index (χ3n) is 5.42. The van der Waals surface area contributed by atoms with E-state index in [0.29, 0.717) is 0 Å². The maximum atomic E-state index is 5.49. The van der Waals surface area contributed by atoms with Crippen LogP contribution in [0.1, 0.15) is 73.6 Å². The van der Waals surface area contributed by atoms with Crippen LogP contribution in [0.25, 0.3) is 6.08 Å². The maximum Gasteiger partial charge on any atom is 0.0716 e. The van der Waals surface area contributed by atoms with E-state index in [1.807, 2.05) is 6.92 Å². The molecule has 0 aliphatic heterocycles. The molecule has 0 heterocycles. The second kappa shape index (κ2) is 9.01. The first-order valence-electron chi connectivity index (χ1n) is 9.69. The minimum atomic E-state index is 0.722. The number of hydrogen-bond acceptors (Lipinski definition) is 1. The third-order valence-corrected chi connectivity index (χ3v) is 5.42. The standard InChI is InChI=1S/C24H30O/c1-3-5-19-6-10-21(11-7-19)23-14-16-24(17-15-23)22-12-8-20(9-13-22)18-25-4-2/h3,5-13,23-24H,4,14-18H2,1-2H3. The highest BCUT2D eigenvalue weighted by Crippen LogP contribution is 2.40. The van der Waals surface area contributed by atoms with Crippen LogP contribution >= 0.6 is 0 Å². The summed E-state index contributed by atoms with van der Waals surface area (Å²) in [5.74, 6) is 1.45. The van der Waals surface area contributed by atoms with Crippen LogP contribution in [0.5, 0.6) is 0 Å². The highest BCUT2D eigenvalue weighted by molar-refractivity contribution is 5.49. The van der Waals surface area contributed by atoms with Crippen LogP contribution in [0.4, 0.5) is 0 Å². The van der Waals surface area contributed by atoms with Gasteiger partial charge in [0.2, 0.25) is 0 Å². The summed E-state index contributed by atoms with van der Waals surface area (Å²) >= 11 is 0. The topological polar surface area (TPSA) is 9.23 Å². The molecule has 0 bridgehead atoms. The van der Waals surface area contributed by atoms with Gasteiger partial charge in [-0.05, 0) is 73.6 Å². The van der Waals surface area contributed by atoms with E-state index in [2.05, 4.69) is 67.6 Å². The Morgan fingerprint density at radius 1 is 0.840 bits per heavy atom. The predicted octanol–water partition coefficient (Wildman–Crippen LogP) is 6.70. The molecule has 0 atom stereocenters. The van der Waals surface area contributed by atoms with E-state index in [4.69, 9.17) is 4.74 Å². The Morgan fingerprint density at radius 2 is 1.36 bits per heavy atom. The fourth-order valence-electron chi connectivity index (χ4n) is 3.94. The highest BCUT2D eigenvalue weighted by atomic mass is 16.5. The average Bonchev–Trinajstić information content (AvgIpc) is 2.68. The van der Waals surface area contributed by atoms with Crippen molar-refractivity contribution in [2.75, 3.05) is 6.61 Å². The van der Waals surface area contributed by atoms with Crippen molar-refractivity contribution in [3.8, 4) is 0 Å². The van der Waals surface area contributed by atoms with E-state index < -0.39 is 0 Å². The number of ether oxygens (including phenoxy) is 1. The van der Waals surface area contributed by atoms with Crippen molar-refractivity contribution in [1.29, 1.82) is 0 Å². The van der Waals surface area contributed by atoms with Crippen LogP contribution in [0, 0.1) is 0 Å². The third kappa shape index (κ3) is 4.83. The first-order valence-corrected chi connectivity index (χ1v) is 9.69. The molecule has 25 heavy (non-hydrogen) atoms. The Hall–Kier alpha value is -1.86. The van der Waals surface area contributed by atoms with E-state index in [9.17, 15) is 0 Å². The van der Waals surface area contributed by atoms with E-state index in [1.54, 1.807) is 0 Å². The first-order chi connectivity index (χ1) is 12.3. The van der Waals surface area contributed by atoms with E-state index >= 15 is 0 Å². The SMILES string of the molecule is CC=Cc1ccc(C2CCC(c3ccc(COCC)cc3)CC2)cc1. The fraction of sp³-hybridized carbons (Fsp3) is 0.417. The lowest BCUT2D eigenvalue weighted by Gasteiger charge is -2.29. The zero-order chi connectivity index (χ0) is 17.5. The van der Waals surface area contributed by atoms with Crippen LogP contribution in [0.15, 0.2) is 54.6 Å². The normalized spacial score (nSPS) is 20.9. The minimum Gasteiger partial charge on any atom is -0.377 e. The largest absolute Gasteiger partial charge is 0.377 e. The molecular formula is C24H30O. The van der Waals surface area contributed by atoms with Gasteiger partial charge in [0, 0.05) is 6.61 Å². The molecule has 1 fully saturated rings. The summed E-state index contributed by atoms with van der Waals surface area (Å²) in [5.41, 5.74) is 5.59. The summed E-state index contributed by atoms with van der Waals surface area (Å²) in [6.07, 6.45) is 9.45. The fourth-order valence-corrected chi connectivity index (χ4v) is 3.94. The van der Waals surface area contributed by atoms with Crippen molar-refractivity contribution >= 4 is 6.08 Å². The van der Waals surface area contributed by atoms with Gasteiger partial charge >= 0.3 is 0 Å². The van der Waals surface area contributed by atoms with Gasteiger partial charge in [-0.3, -0.25) is 0 Å². The van der Waals surface area contributed by atoms with E-state index in [-0.39, 0.29) is 0 Å². The zero-order valence-electron chi connectivity index (χ0n) is 15.6. The highest BCUT2D eigenvalue weighted by Gasteiger charge is 2.23. The van der Waals surface area contributed by atoms with Gasteiger partial charge in [0.1, 0.15) is 0 Å². The van der Waals surface area contributed by atoms with Gasteiger partial charge in [-0.1, -0.05) is 60.7 Å². The van der Waals surface area contributed by atoms with Crippen molar-refractivity contribution in [3.05, 3.63) is 76.9 Å². The summed E-state index contributed by atoms with van der Waals surface area (Å²) < 4.78 is 5.49. The van der Waals surface area contributed by atoms with Crippen molar-refractivity contribution in [3.63, 3.8) is 0 Å². The molecule has 0 radical (unpaired) electrons. The van der Waals surface area contributed by atoms with Gasteiger partial charge in [-0.2, -0.15) is 0 Å². The predicted molar refractivity (Wildman–Crippen MR) is 107 cm³/mol. The first kappa shape index (κ1) is 17.9. The Bertz CT molecular complexity index is 658. The van der Waals surface area contributed by atoms with Crippen LogP contribution in [-0.2, 0) is 11.3 Å². The lowest BCUT2D eigenvalue weighted by molar-refractivity contribution is 0.134. The Balaban J connectivity index is 1.56. The van der Waals surface area contributed by atoms with Gasteiger partial charge in [0.15, 0.2) is 0 Å². The van der Waals surface area contributed by atoms with Gasteiger partial charge in [-0.25, -0.2) is 0 Å². The molecule has 2 aromatic rings. The van der Waals surface area contributed by atoms with Crippen LogP contribution in [0.3, 0.4) is 0 Å². The smallest absolute Gasteiger partial charge is 0.0716 e. The summed E-state index contributed by atoms with van der Waals surface area (Å²) in [6, 6.07) is 18.2. The van der Waals surface area contributed by atoms with Crippen molar-refractivity contribution in [2.45, 2.75) is 58.0 Å². The lowest BCUT2D eigenvalue weighted by Crippen LogP contribution is -2.12. The number of allylic oxidation sites excluding steroid dienone is 1. The monoisotopic (exact) mass is 334 g/mol. The van der Waals surface area contributed by atoms with Crippen molar-refractivity contribution in [2.24, 2.45) is 0 Å². The molecule has 132 valence electrons. The summed E-state index contributed by atoms with van der Waals surface area (Å²) in [7, 11) is 0. The van der Waals surface area contributed by atoms with Gasteiger partial charge in [0.05, 0.1) is 6.61 Å².